The van der Waals surface area contributed by atoms with E-state index in [1.54, 1.807) is 13.3 Å². The Kier molecular flexibility index (Phi) is 5.22. The summed E-state index contributed by atoms with van der Waals surface area (Å²) >= 11 is 0. The number of ether oxygens (including phenoxy) is 1. The van der Waals surface area contributed by atoms with Gasteiger partial charge in [-0.3, -0.25) is 16.3 Å². The van der Waals surface area contributed by atoms with E-state index in [1.165, 1.54) is 0 Å². The second-order valence-electron chi connectivity index (χ2n) is 4.35. The number of methoxy groups -OCH3 is 1. The zero-order valence-corrected chi connectivity index (χ0v) is 10.2. The monoisotopic (exact) mass is 223 g/mol. The van der Waals surface area contributed by atoms with Gasteiger partial charge in [0.05, 0.1) is 13.3 Å². The number of rotatable bonds is 6. The molecule has 0 amide bonds. The average Bonchev–Trinajstić information content (AvgIpc) is 2.30. The van der Waals surface area contributed by atoms with Crippen LogP contribution in [0, 0.1) is 5.92 Å². The molecule has 0 aliphatic rings. The van der Waals surface area contributed by atoms with Crippen LogP contribution in [0.5, 0.6) is 5.75 Å². The van der Waals surface area contributed by atoms with Crippen LogP contribution in [-0.4, -0.2) is 12.1 Å². The van der Waals surface area contributed by atoms with E-state index in [9.17, 15) is 0 Å². The number of hydrogen-bond acceptors (Lipinski definition) is 4. The van der Waals surface area contributed by atoms with Crippen molar-refractivity contribution in [2.75, 3.05) is 7.11 Å². The van der Waals surface area contributed by atoms with Crippen molar-refractivity contribution in [1.82, 2.24) is 10.4 Å². The smallest absolute Gasteiger partial charge is 0.137 e. The number of nitrogens with zero attached hydrogens (tertiary/aromatic N) is 1. The summed E-state index contributed by atoms with van der Waals surface area (Å²) in [6.45, 7) is 4.41. The van der Waals surface area contributed by atoms with Crippen molar-refractivity contribution in [3.05, 3.63) is 24.0 Å². The lowest BCUT2D eigenvalue weighted by molar-refractivity contribution is 0.407. The van der Waals surface area contributed by atoms with Crippen LogP contribution in [0.15, 0.2) is 18.5 Å². The molecule has 0 aliphatic carbocycles. The Labute approximate surface area is 97.2 Å². The van der Waals surface area contributed by atoms with Gasteiger partial charge >= 0.3 is 0 Å². The van der Waals surface area contributed by atoms with Gasteiger partial charge in [-0.1, -0.05) is 13.8 Å². The molecule has 1 rings (SSSR count). The van der Waals surface area contributed by atoms with Gasteiger partial charge in [-0.05, 0) is 30.4 Å². The molecule has 1 aromatic heterocycles. The van der Waals surface area contributed by atoms with E-state index in [2.05, 4.69) is 24.3 Å². The zero-order valence-electron chi connectivity index (χ0n) is 10.2. The molecule has 4 heteroatoms. The summed E-state index contributed by atoms with van der Waals surface area (Å²) in [6, 6.07) is 2.11. The molecule has 0 aromatic carbocycles. The quantitative estimate of drug-likeness (QED) is 0.572. The first kappa shape index (κ1) is 12.9. The summed E-state index contributed by atoms with van der Waals surface area (Å²) in [6.07, 6.45) is 5.65. The van der Waals surface area contributed by atoms with E-state index in [0.29, 0.717) is 5.92 Å². The lowest BCUT2D eigenvalue weighted by Crippen LogP contribution is -2.28. The van der Waals surface area contributed by atoms with Crippen LogP contribution in [0.4, 0.5) is 0 Å². The number of hydrazine groups is 1. The molecule has 0 radical (unpaired) electrons. The van der Waals surface area contributed by atoms with Gasteiger partial charge in [0.25, 0.3) is 0 Å². The second-order valence-corrected chi connectivity index (χ2v) is 4.35. The lowest BCUT2D eigenvalue weighted by atomic mass is 9.99. The van der Waals surface area contributed by atoms with Gasteiger partial charge in [-0.15, -0.1) is 0 Å². The minimum absolute atomic E-state index is 0.144. The minimum atomic E-state index is 0.144. The predicted molar refractivity (Wildman–Crippen MR) is 64.9 cm³/mol. The Morgan fingerprint density at radius 3 is 2.69 bits per heavy atom. The molecule has 1 heterocycles. The Balaban J connectivity index is 2.70. The largest absolute Gasteiger partial charge is 0.495 e. The molecule has 0 saturated carbocycles. The maximum absolute atomic E-state index is 5.56. The fraction of sp³-hybridized carbons (Fsp3) is 0.583. The number of pyridine rings is 1. The van der Waals surface area contributed by atoms with Crippen LogP contribution in [0.25, 0.3) is 0 Å². The van der Waals surface area contributed by atoms with Gasteiger partial charge in [0, 0.05) is 12.2 Å². The summed E-state index contributed by atoms with van der Waals surface area (Å²) < 4.78 is 5.14. The van der Waals surface area contributed by atoms with Gasteiger partial charge in [-0.2, -0.15) is 0 Å². The molecule has 1 unspecified atom stereocenters. The molecule has 0 aliphatic heterocycles. The first-order valence-corrected chi connectivity index (χ1v) is 5.62. The molecule has 0 saturated heterocycles. The first-order chi connectivity index (χ1) is 7.67. The Bertz CT molecular complexity index is 315. The van der Waals surface area contributed by atoms with Crippen LogP contribution in [0.1, 0.15) is 38.3 Å². The molecule has 90 valence electrons. The normalized spacial score (nSPS) is 12.8. The van der Waals surface area contributed by atoms with E-state index in [-0.39, 0.29) is 6.04 Å². The van der Waals surface area contributed by atoms with Crippen LogP contribution in [-0.2, 0) is 0 Å². The van der Waals surface area contributed by atoms with Gasteiger partial charge in [-0.25, -0.2) is 0 Å². The Hall–Kier alpha value is -1.13. The SMILES string of the molecule is COc1cncc(C(CCC(C)C)NN)c1. The van der Waals surface area contributed by atoms with E-state index in [1.807, 2.05) is 12.3 Å². The van der Waals surface area contributed by atoms with E-state index >= 15 is 0 Å². The third kappa shape index (κ3) is 3.79. The molecule has 1 atom stereocenters. The second kappa shape index (κ2) is 6.45. The van der Waals surface area contributed by atoms with Crippen LogP contribution >= 0.6 is 0 Å². The number of hydrogen-bond donors (Lipinski definition) is 2. The van der Waals surface area contributed by atoms with Gasteiger partial charge in [0.2, 0.25) is 0 Å². The third-order valence-electron chi connectivity index (χ3n) is 2.61. The van der Waals surface area contributed by atoms with Crippen LogP contribution in [0.3, 0.4) is 0 Å². The zero-order chi connectivity index (χ0) is 12.0. The van der Waals surface area contributed by atoms with Crippen molar-refractivity contribution in [3.63, 3.8) is 0 Å². The number of nitrogens with one attached hydrogen (secondary N) is 1. The van der Waals surface area contributed by atoms with Gasteiger partial charge < -0.3 is 4.74 Å². The molecule has 16 heavy (non-hydrogen) atoms. The highest BCUT2D eigenvalue weighted by molar-refractivity contribution is 5.25. The van der Waals surface area contributed by atoms with E-state index < -0.39 is 0 Å². The number of nitrogens with two attached hydrogens (primary N) is 1. The van der Waals surface area contributed by atoms with E-state index in [4.69, 9.17) is 10.6 Å². The highest BCUT2D eigenvalue weighted by atomic mass is 16.5. The maximum atomic E-state index is 5.56. The Morgan fingerprint density at radius 2 is 2.12 bits per heavy atom. The highest BCUT2D eigenvalue weighted by Gasteiger charge is 2.11. The summed E-state index contributed by atoms with van der Waals surface area (Å²) in [5, 5.41) is 0. The van der Waals surface area contributed by atoms with Crippen molar-refractivity contribution in [2.45, 2.75) is 32.7 Å². The predicted octanol–water partition coefficient (Wildman–Crippen LogP) is 2.03. The van der Waals surface area contributed by atoms with Crippen LogP contribution < -0.4 is 16.0 Å². The average molecular weight is 223 g/mol. The molecule has 3 N–H and O–H groups in total. The standard InChI is InChI=1S/C12H21N3O/c1-9(2)4-5-12(15-13)10-6-11(16-3)8-14-7-10/h6-9,12,15H,4-5,13H2,1-3H3. The molecular weight excluding hydrogens is 202 g/mol. The van der Waals surface area contributed by atoms with Crippen molar-refractivity contribution < 1.29 is 4.74 Å². The van der Waals surface area contributed by atoms with Gasteiger partial charge in [0.15, 0.2) is 0 Å². The van der Waals surface area contributed by atoms with Gasteiger partial charge in [0.1, 0.15) is 5.75 Å². The summed E-state index contributed by atoms with van der Waals surface area (Å²) in [5.41, 5.74) is 3.90. The van der Waals surface area contributed by atoms with E-state index in [0.717, 1.165) is 24.2 Å². The maximum Gasteiger partial charge on any atom is 0.137 e. The summed E-state index contributed by atoms with van der Waals surface area (Å²) in [4.78, 5) is 4.13. The first-order valence-electron chi connectivity index (χ1n) is 5.62. The fourth-order valence-corrected chi connectivity index (χ4v) is 1.58. The van der Waals surface area contributed by atoms with Crippen molar-refractivity contribution in [2.24, 2.45) is 11.8 Å². The molecule has 1 aromatic rings. The molecule has 4 nitrogen and oxygen atoms in total. The summed E-state index contributed by atoms with van der Waals surface area (Å²) in [7, 11) is 1.64. The molecule has 0 spiro atoms. The summed E-state index contributed by atoms with van der Waals surface area (Å²) in [5.74, 6) is 7.01. The lowest BCUT2D eigenvalue weighted by Gasteiger charge is -2.17. The van der Waals surface area contributed by atoms with Crippen molar-refractivity contribution >= 4 is 0 Å². The topological polar surface area (TPSA) is 60.2 Å². The molecule has 0 bridgehead atoms. The van der Waals surface area contributed by atoms with Crippen LogP contribution in [0.2, 0.25) is 0 Å². The fourth-order valence-electron chi connectivity index (χ4n) is 1.58. The van der Waals surface area contributed by atoms with Crippen molar-refractivity contribution in [3.8, 4) is 5.75 Å². The molecular formula is C12H21N3O. The number of aromatic nitrogens is 1. The van der Waals surface area contributed by atoms with Crippen molar-refractivity contribution in [1.29, 1.82) is 0 Å². The third-order valence-corrected chi connectivity index (χ3v) is 2.61. The highest BCUT2D eigenvalue weighted by Crippen LogP contribution is 2.22. The molecule has 0 fully saturated rings. The minimum Gasteiger partial charge on any atom is -0.495 e. The Morgan fingerprint density at radius 1 is 1.38 bits per heavy atom.